The van der Waals surface area contributed by atoms with Crippen LogP contribution in [0, 0.1) is 0 Å². The maximum atomic E-state index is 12.5. The van der Waals surface area contributed by atoms with Crippen LogP contribution in [0.5, 0.6) is 0 Å². The summed E-state index contributed by atoms with van der Waals surface area (Å²) >= 11 is 0. The van der Waals surface area contributed by atoms with Gasteiger partial charge in [0.2, 0.25) is 0 Å². The number of allylic oxidation sites excluding steroid dienone is 2. The first kappa shape index (κ1) is 10.3. The van der Waals surface area contributed by atoms with Crippen molar-refractivity contribution in [1.29, 1.82) is 0 Å². The van der Waals surface area contributed by atoms with Gasteiger partial charge in [-0.3, -0.25) is 4.79 Å². The average Bonchev–Trinajstić information content (AvgIpc) is 1.84. The van der Waals surface area contributed by atoms with Crippen LogP contribution in [0.15, 0.2) is 11.6 Å². The third kappa shape index (κ3) is 3.86. The van der Waals surface area contributed by atoms with Crippen molar-refractivity contribution in [3.63, 3.8) is 0 Å². The van der Waals surface area contributed by atoms with E-state index in [-0.39, 0.29) is 0 Å². The van der Waals surface area contributed by atoms with Crippen molar-refractivity contribution in [2.24, 2.45) is 0 Å². The lowest BCUT2D eigenvalue weighted by Gasteiger charge is -2.09. The van der Waals surface area contributed by atoms with Crippen LogP contribution in [0.4, 0.5) is 8.78 Å². The van der Waals surface area contributed by atoms with Crippen molar-refractivity contribution in [2.75, 3.05) is 0 Å². The summed E-state index contributed by atoms with van der Waals surface area (Å²) < 4.78 is 25.0. The molecule has 0 unspecified atom stereocenters. The van der Waals surface area contributed by atoms with Gasteiger partial charge in [-0.15, -0.1) is 0 Å². The number of ketones is 1. The summed E-state index contributed by atoms with van der Waals surface area (Å²) in [6.45, 7) is 4.34. The van der Waals surface area contributed by atoms with Crippen LogP contribution in [0.1, 0.15) is 27.2 Å². The number of carbonyl (C=O) groups excluding carboxylic acids is 1. The number of halogens is 2. The molecule has 0 fully saturated rings. The molecule has 0 bridgehead atoms. The van der Waals surface area contributed by atoms with E-state index in [4.69, 9.17) is 0 Å². The van der Waals surface area contributed by atoms with E-state index in [0.29, 0.717) is 0 Å². The third-order valence-corrected chi connectivity index (χ3v) is 1.28. The normalized spacial score (nSPS) is 11.0. The molecule has 0 aliphatic carbocycles. The lowest BCUT2D eigenvalue weighted by Crippen LogP contribution is -2.24. The van der Waals surface area contributed by atoms with Gasteiger partial charge >= 0.3 is 5.92 Å². The van der Waals surface area contributed by atoms with Gasteiger partial charge in [-0.25, -0.2) is 0 Å². The molecular formula is C8H12F2O. The van der Waals surface area contributed by atoms with Crippen molar-refractivity contribution in [3.8, 4) is 0 Å². The van der Waals surface area contributed by atoms with E-state index in [0.717, 1.165) is 12.5 Å². The zero-order valence-electron chi connectivity index (χ0n) is 6.95. The van der Waals surface area contributed by atoms with Gasteiger partial charge in [-0.05, 0) is 13.8 Å². The Labute approximate surface area is 65.1 Å². The van der Waals surface area contributed by atoms with Gasteiger partial charge in [0.25, 0.3) is 0 Å². The van der Waals surface area contributed by atoms with Crippen molar-refractivity contribution in [3.05, 3.63) is 11.6 Å². The maximum Gasteiger partial charge on any atom is 0.308 e. The SMILES string of the molecule is CC(=O)C(F)(F)CC=C(C)C. The summed E-state index contributed by atoms with van der Waals surface area (Å²) in [6.07, 6.45) is 0.881. The fraction of sp³-hybridized carbons (Fsp3) is 0.625. The van der Waals surface area contributed by atoms with Crippen molar-refractivity contribution in [1.82, 2.24) is 0 Å². The molecule has 1 nitrogen and oxygen atoms in total. The van der Waals surface area contributed by atoms with E-state index in [2.05, 4.69) is 0 Å². The van der Waals surface area contributed by atoms with Gasteiger partial charge in [0.15, 0.2) is 5.78 Å². The Balaban J connectivity index is 4.14. The third-order valence-electron chi connectivity index (χ3n) is 1.28. The summed E-state index contributed by atoms with van der Waals surface area (Å²) in [6, 6.07) is 0. The molecule has 0 aromatic carbocycles. The minimum atomic E-state index is -3.18. The van der Waals surface area contributed by atoms with Crippen LogP contribution >= 0.6 is 0 Å². The quantitative estimate of drug-likeness (QED) is 0.583. The summed E-state index contributed by atoms with van der Waals surface area (Å²) in [5.74, 6) is -4.26. The first-order valence-electron chi connectivity index (χ1n) is 3.38. The van der Waals surface area contributed by atoms with E-state index in [1.807, 2.05) is 0 Å². The predicted molar refractivity (Wildman–Crippen MR) is 39.7 cm³/mol. The predicted octanol–water partition coefficient (Wildman–Crippen LogP) is 2.57. The van der Waals surface area contributed by atoms with Crippen LogP contribution in [-0.4, -0.2) is 11.7 Å². The second-order valence-electron chi connectivity index (χ2n) is 2.75. The Morgan fingerprint density at radius 2 is 1.82 bits per heavy atom. The van der Waals surface area contributed by atoms with Gasteiger partial charge < -0.3 is 0 Å². The molecule has 0 spiro atoms. The molecule has 0 radical (unpaired) electrons. The topological polar surface area (TPSA) is 17.1 Å². The van der Waals surface area contributed by atoms with Crippen LogP contribution in [0.2, 0.25) is 0 Å². The van der Waals surface area contributed by atoms with Crippen LogP contribution in [0.25, 0.3) is 0 Å². The Morgan fingerprint density at radius 3 is 2.09 bits per heavy atom. The molecule has 0 aromatic heterocycles. The highest BCUT2D eigenvalue weighted by Crippen LogP contribution is 2.20. The fourth-order valence-electron chi connectivity index (χ4n) is 0.476. The highest BCUT2D eigenvalue weighted by Gasteiger charge is 2.33. The molecule has 64 valence electrons. The number of hydrogen-bond donors (Lipinski definition) is 0. The van der Waals surface area contributed by atoms with Gasteiger partial charge in [-0.1, -0.05) is 11.6 Å². The molecule has 3 heteroatoms. The molecule has 0 atom stereocenters. The number of carbonyl (C=O) groups is 1. The standard InChI is InChI=1S/C8H12F2O/c1-6(2)4-5-8(9,10)7(3)11/h4H,5H2,1-3H3. The largest absolute Gasteiger partial charge is 0.308 e. The van der Waals surface area contributed by atoms with Gasteiger partial charge in [0, 0.05) is 13.3 Å². The summed E-state index contributed by atoms with van der Waals surface area (Å²) in [7, 11) is 0. The van der Waals surface area contributed by atoms with Crippen molar-refractivity contribution < 1.29 is 13.6 Å². The molecule has 0 heterocycles. The monoisotopic (exact) mass is 162 g/mol. The zero-order valence-corrected chi connectivity index (χ0v) is 6.95. The Hall–Kier alpha value is -0.730. The highest BCUT2D eigenvalue weighted by atomic mass is 19.3. The van der Waals surface area contributed by atoms with E-state index in [9.17, 15) is 13.6 Å². The second-order valence-corrected chi connectivity index (χ2v) is 2.75. The first-order chi connectivity index (χ1) is 4.86. The van der Waals surface area contributed by atoms with Crippen molar-refractivity contribution in [2.45, 2.75) is 33.1 Å². The van der Waals surface area contributed by atoms with Gasteiger partial charge in [0.05, 0.1) is 0 Å². The molecule has 0 amide bonds. The van der Waals surface area contributed by atoms with Crippen LogP contribution in [-0.2, 0) is 4.79 Å². The van der Waals surface area contributed by atoms with E-state index in [1.54, 1.807) is 13.8 Å². The Morgan fingerprint density at radius 1 is 1.36 bits per heavy atom. The van der Waals surface area contributed by atoms with E-state index >= 15 is 0 Å². The molecule has 0 aliphatic rings. The maximum absolute atomic E-state index is 12.5. The number of hydrogen-bond acceptors (Lipinski definition) is 1. The average molecular weight is 162 g/mol. The molecule has 11 heavy (non-hydrogen) atoms. The van der Waals surface area contributed by atoms with Crippen LogP contribution in [0.3, 0.4) is 0 Å². The number of alkyl halides is 2. The Kier molecular flexibility index (Phi) is 3.36. The second kappa shape index (κ2) is 3.60. The van der Waals surface area contributed by atoms with Gasteiger partial charge in [0.1, 0.15) is 0 Å². The molecule has 0 rings (SSSR count). The molecule has 0 saturated heterocycles. The van der Waals surface area contributed by atoms with E-state index in [1.165, 1.54) is 6.08 Å². The van der Waals surface area contributed by atoms with E-state index < -0.39 is 18.1 Å². The molecular weight excluding hydrogens is 150 g/mol. The highest BCUT2D eigenvalue weighted by molar-refractivity contribution is 5.83. The molecule has 0 aromatic rings. The summed E-state index contributed by atoms with van der Waals surface area (Å²) in [5, 5.41) is 0. The minimum Gasteiger partial charge on any atom is -0.293 e. The minimum absolute atomic E-state index is 0.481. The lowest BCUT2D eigenvalue weighted by molar-refractivity contribution is -0.140. The first-order valence-corrected chi connectivity index (χ1v) is 3.38. The lowest BCUT2D eigenvalue weighted by atomic mass is 10.1. The molecule has 0 saturated carbocycles. The fourth-order valence-corrected chi connectivity index (χ4v) is 0.476. The van der Waals surface area contributed by atoms with Crippen molar-refractivity contribution >= 4 is 5.78 Å². The number of rotatable bonds is 3. The summed E-state index contributed by atoms with van der Waals surface area (Å²) in [4.78, 5) is 10.3. The summed E-state index contributed by atoms with van der Waals surface area (Å²) in [5.41, 5.74) is 0.797. The zero-order chi connectivity index (χ0) is 9.07. The molecule has 0 aliphatic heterocycles. The molecule has 0 N–H and O–H groups in total. The Bertz CT molecular complexity index is 179. The van der Waals surface area contributed by atoms with Crippen LogP contribution < -0.4 is 0 Å². The van der Waals surface area contributed by atoms with Gasteiger partial charge in [-0.2, -0.15) is 8.78 Å². The number of Topliss-reactive ketones (excluding diaryl/α,β-unsaturated/α-hetero) is 1. The smallest absolute Gasteiger partial charge is 0.293 e.